The minimum Gasteiger partial charge on any atom is -0.377 e. The van der Waals surface area contributed by atoms with Gasteiger partial charge in [-0.2, -0.15) is 0 Å². The zero-order chi connectivity index (χ0) is 14.7. The van der Waals surface area contributed by atoms with Gasteiger partial charge in [0, 0.05) is 18.7 Å². The average molecular weight is 290 g/mol. The zero-order valence-electron chi connectivity index (χ0n) is 12.2. The molecule has 0 radical (unpaired) electrons. The fourth-order valence-electron chi connectivity index (χ4n) is 3.41. The van der Waals surface area contributed by atoms with Crippen LogP contribution in [0.1, 0.15) is 23.3 Å². The lowest BCUT2D eigenvalue weighted by Crippen LogP contribution is -2.53. The molecule has 2 fully saturated rings. The highest BCUT2D eigenvalue weighted by molar-refractivity contribution is 5.92. The van der Waals surface area contributed by atoms with Gasteiger partial charge in [0.25, 0.3) is 5.91 Å². The highest BCUT2D eigenvalue weighted by atomic mass is 16.5. The number of amides is 1. The number of aromatic nitrogens is 1. The Hall–Kier alpha value is -1.59. The largest absolute Gasteiger partial charge is 0.377 e. The van der Waals surface area contributed by atoms with Gasteiger partial charge in [-0.05, 0) is 25.0 Å². The quantitative estimate of drug-likeness (QED) is 0.665. The van der Waals surface area contributed by atoms with Crippen molar-refractivity contribution in [3.8, 4) is 0 Å². The van der Waals surface area contributed by atoms with Crippen molar-refractivity contribution in [2.75, 3.05) is 26.4 Å². The summed E-state index contributed by atoms with van der Waals surface area (Å²) in [6.07, 6.45) is 5.67. The summed E-state index contributed by atoms with van der Waals surface area (Å²) in [7, 11) is 0. The number of ether oxygens (including phenoxy) is 2. The van der Waals surface area contributed by atoms with Gasteiger partial charge in [-0.15, -0.1) is 6.58 Å². The maximum atomic E-state index is 12.6. The van der Waals surface area contributed by atoms with Crippen LogP contribution in [0.4, 0.5) is 0 Å². The van der Waals surface area contributed by atoms with Crippen molar-refractivity contribution in [1.82, 2.24) is 9.88 Å². The van der Waals surface area contributed by atoms with E-state index in [2.05, 4.69) is 11.6 Å². The van der Waals surface area contributed by atoms with Crippen LogP contribution in [0.25, 0.3) is 0 Å². The fourth-order valence-corrected chi connectivity index (χ4v) is 3.41. The van der Waals surface area contributed by atoms with Crippen molar-refractivity contribution in [2.24, 2.45) is 5.92 Å². The maximum Gasteiger partial charge on any atom is 0.270 e. The molecule has 0 aromatic carbocycles. The Morgan fingerprint density at radius 1 is 1.57 bits per heavy atom. The summed E-state index contributed by atoms with van der Waals surface area (Å²) in [5, 5.41) is 0. The summed E-state index contributed by atoms with van der Waals surface area (Å²) >= 11 is 0. The number of rotatable bonds is 5. The van der Waals surface area contributed by atoms with Crippen LogP contribution in [0.3, 0.4) is 0 Å². The van der Waals surface area contributed by atoms with Gasteiger partial charge in [0.2, 0.25) is 0 Å². The first-order valence-electron chi connectivity index (χ1n) is 7.56. The van der Waals surface area contributed by atoms with E-state index in [0.717, 1.165) is 12.8 Å². The van der Waals surface area contributed by atoms with Crippen LogP contribution in [0.5, 0.6) is 0 Å². The topological polar surface area (TPSA) is 54.6 Å². The number of nitrogens with zero attached hydrogens (tertiary/aromatic N) is 1. The van der Waals surface area contributed by atoms with E-state index in [4.69, 9.17) is 9.47 Å². The van der Waals surface area contributed by atoms with Gasteiger partial charge >= 0.3 is 0 Å². The highest BCUT2D eigenvalue weighted by Crippen LogP contribution is 2.35. The molecule has 3 rings (SSSR count). The average Bonchev–Trinajstić information content (AvgIpc) is 3.16. The first kappa shape index (κ1) is 14.4. The molecule has 1 N–H and O–H groups in total. The maximum absolute atomic E-state index is 12.6. The molecule has 5 nitrogen and oxygen atoms in total. The summed E-state index contributed by atoms with van der Waals surface area (Å²) < 4.78 is 11.5. The second-order valence-corrected chi connectivity index (χ2v) is 5.65. The van der Waals surface area contributed by atoms with Crippen molar-refractivity contribution in [2.45, 2.75) is 25.0 Å². The van der Waals surface area contributed by atoms with Gasteiger partial charge in [0.05, 0.1) is 32.0 Å². The van der Waals surface area contributed by atoms with Gasteiger partial charge < -0.3 is 19.4 Å². The minimum atomic E-state index is 0.0750. The van der Waals surface area contributed by atoms with Crippen LogP contribution in [0.2, 0.25) is 0 Å². The molecule has 21 heavy (non-hydrogen) atoms. The number of fused-ring (bicyclic) bond motifs is 1. The molecule has 0 bridgehead atoms. The SMILES string of the molecule is C=CCOC[C@@H]1CC[C@@H]2[C@@H]1OCCN2C(=O)c1ccc[nH]1. The molecule has 5 heteroatoms. The molecule has 114 valence electrons. The summed E-state index contributed by atoms with van der Waals surface area (Å²) in [5.74, 6) is 0.445. The van der Waals surface area contributed by atoms with Gasteiger partial charge in [-0.3, -0.25) is 4.79 Å². The molecular weight excluding hydrogens is 268 g/mol. The van der Waals surface area contributed by atoms with Crippen molar-refractivity contribution in [1.29, 1.82) is 0 Å². The summed E-state index contributed by atoms with van der Waals surface area (Å²) in [6.45, 7) is 6.17. The minimum absolute atomic E-state index is 0.0750. The molecular formula is C16H22N2O3. The molecule has 1 aromatic rings. The molecule has 3 atom stereocenters. The third-order valence-electron chi connectivity index (χ3n) is 4.38. The third kappa shape index (κ3) is 2.89. The van der Waals surface area contributed by atoms with Crippen molar-refractivity contribution >= 4 is 5.91 Å². The Bertz CT molecular complexity index is 486. The van der Waals surface area contributed by atoms with Crippen molar-refractivity contribution in [3.63, 3.8) is 0 Å². The molecule has 1 saturated carbocycles. The van der Waals surface area contributed by atoms with E-state index in [-0.39, 0.29) is 18.1 Å². The number of H-pyrrole nitrogens is 1. The van der Waals surface area contributed by atoms with Gasteiger partial charge in [0.15, 0.2) is 0 Å². The van der Waals surface area contributed by atoms with E-state index in [1.54, 1.807) is 12.3 Å². The van der Waals surface area contributed by atoms with Gasteiger partial charge in [-0.25, -0.2) is 0 Å². The molecule has 1 saturated heterocycles. The molecule has 1 aliphatic carbocycles. The number of carbonyl (C=O) groups is 1. The number of nitrogens with one attached hydrogen (secondary N) is 1. The predicted octanol–water partition coefficient (Wildman–Crippen LogP) is 1.84. The monoisotopic (exact) mass is 290 g/mol. The summed E-state index contributed by atoms with van der Waals surface area (Å²) in [6, 6.07) is 3.85. The van der Waals surface area contributed by atoms with E-state index in [1.165, 1.54) is 0 Å². The predicted molar refractivity (Wildman–Crippen MR) is 79.1 cm³/mol. The van der Waals surface area contributed by atoms with Crippen LogP contribution in [-0.2, 0) is 9.47 Å². The van der Waals surface area contributed by atoms with E-state index < -0.39 is 0 Å². The summed E-state index contributed by atoms with van der Waals surface area (Å²) in [4.78, 5) is 17.5. The second kappa shape index (κ2) is 6.45. The van der Waals surface area contributed by atoms with Crippen LogP contribution >= 0.6 is 0 Å². The molecule has 2 aliphatic rings. The molecule has 1 amide bonds. The number of hydrogen-bond donors (Lipinski definition) is 1. The lowest BCUT2D eigenvalue weighted by molar-refractivity contribution is -0.0739. The van der Waals surface area contributed by atoms with E-state index in [1.807, 2.05) is 17.0 Å². The molecule has 2 heterocycles. The zero-order valence-corrected chi connectivity index (χ0v) is 12.2. The fraction of sp³-hybridized carbons (Fsp3) is 0.562. The van der Waals surface area contributed by atoms with Gasteiger partial charge in [0.1, 0.15) is 5.69 Å². The van der Waals surface area contributed by atoms with Gasteiger partial charge in [-0.1, -0.05) is 6.08 Å². The first-order chi connectivity index (χ1) is 10.3. The van der Waals surface area contributed by atoms with Crippen LogP contribution in [-0.4, -0.2) is 54.3 Å². The molecule has 1 aromatic heterocycles. The standard InChI is InChI=1S/C16H22N2O3/c1-2-9-20-11-12-5-6-14-15(12)21-10-8-18(14)16(19)13-4-3-7-17-13/h2-4,7,12,14-15,17H,1,5-6,8-11H2/t12-,14+,15+/m0/s1. The Kier molecular flexibility index (Phi) is 4.41. The van der Waals surface area contributed by atoms with Crippen LogP contribution in [0, 0.1) is 5.92 Å². The van der Waals surface area contributed by atoms with Crippen LogP contribution < -0.4 is 0 Å². The smallest absolute Gasteiger partial charge is 0.270 e. The summed E-state index contributed by atoms with van der Waals surface area (Å²) in [5.41, 5.74) is 0.655. The third-order valence-corrected chi connectivity index (χ3v) is 4.38. The second-order valence-electron chi connectivity index (χ2n) is 5.65. The number of aromatic amines is 1. The Morgan fingerprint density at radius 2 is 2.48 bits per heavy atom. The Balaban J connectivity index is 1.66. The van der Waals surface area contributed by atoms with E-state index in [0.29, 0.717) is 38.0 Å². The molecule has 1 aliphatic heterocycles. The molecule has 0 unspecified atom stereocenters. The Labute approximate surface area is 124 Å². The van der Waals surface area contributed by atoms with Crippen molar-refractivity contribution in [3.05, 3.63) is 36.7 Å². The lowest BCUT2D eigenvalue weighted by Gasteiger charge is -2.39. The highest BCUT2D eigenvalue weighted by Gasteiger charge is 2.44. The number of morpholine rings is 1. The Morgan fingerprint density at radius 3 is 3.24 bits per heavy atom. The molecule has 0 spiro atoms. The normalized spacial score (nSPS) is 28.4. The number of carbonyl (C=O) groups excluding carboxylic acids is 1. The van der Waals surface area contributed by atoms with Crippen molar-refractivity contribution < 1.29 is 14.3 Å². The first-order valence-corrected chi connectivity index (χ1v) is 7.56. The van der Waals surface area contributed by atoms with Crippen LogP contribution in [0.15, 0.2) is 31.0 Å². The van der Waals surface area contributed by atoms with E-state index >= 15 is 0 Å². The number of hydrogen-bond acceptors (Lipinski definition) is 3. The van der Waals surface area contributed by atoms with E-state index in [9.17, 15) is 4.79 Å². The lowest BCUT2D eigenvalue weighted by atomic mass is 10.0.